The van der Waals surface area contributed by atoms with Gasteiger partial charge in [0.05, 0.1) is 28.9 Å². The molecular weight excluding hydrogens is 488 g/mol. The first-order valence-corrected chi connectivity index (χ1v) is 12.2. The number of amides is 2. The SMILES string of the molecule is CC(=O)O.Cn1cc(C2=C(c3cn([C@@H]4C[C@@H](O)[C@@H](CN)O4)c4ccccc34)C(=O)NC2=O)c2ccccc21. The number of carboxylic acid groups (broad SMARTS) is 1. The molecule has 2 aliphatic rings. The van der Waals surface area contributed by atoms with Crippen molar-refractivity contribution in [3.63, 3.8) is 0 Å². The normalized spacial score (nSPS) is 21.2. The Balaban J connectivity index is 0.000000689. The van der Waals surface area contributed by atoms with Crippen LogP contribution >= 0.6 is 0 Å². The van der Waals surface area contributed by atoms with Gasteiger partial charge >= 0.3 is 0 Å². The molecule has 2 amide bonds. The third-order valence-corrected chi connectivity index (χ3v) is 6.85. The summed E-state index contributed by atoms with van der Waals surface area (Å²) < 4.78 is 9.89. The van der Waals surface area contributed by atoms with E-state index in [4.69, 9.17) is 20.4 Å². The van der Waals surface area contributed by atoms with Crippen LogP contribution < -0.4 is 11.1 Å². The first-order valence-electron chi connectivity index (χ1n) is 12.2. The second kappa shape index (κ2) is 9.90. The molecule has 3 atom stereocenters. The van der Waals surface area contributed by atoms with Crippen LogP contribution in [0.3, 0.4) is 0 Å². The van der Waals surface area contributed by atoms with Gasteiger partial charge in [0.2, 0.25) is 0 Å². The molecule has 2 aromatic heterocycles. The van der Waals surface area contributed by atoms with Gasteiger partial charge in [0.25, 0.3) is 17.8 Å². The van der Waals surface area contributed by atoms with E-state index >= 15 is 0 Å². The molecule has 0 radical (unpaired) electrons. The first-order chi connectivity index (χ1) is 18.2. The minimum absolute atomic E-state index is 0.219. The van der Waals surface area contributed by atoms with Crippen molar-refractivity contribution in [2.24, 2.45) is 12.8 Å². The Bertz CT molecular complexity index is 1610. The lowest BCUT2D eigenvalue weighted by molar-refractivity contribution is -0.134. The molecule has 38 heavy (non-hydrogen) atoms. The minimum atomic E-state index is -0.833. The maximum atomic E-state index is 13.1. The molecule has 2 aromatic carbocycles. The number of carbonyl (C=O) groups excluding carboxylic acids is 2. The number of benzene rings is 2. The molecule has 5 N–H and O–H groups in total. The molecular formula is C28H28N4O6. The number of imide groups is 1. The lowest BCUT2D eigenvalue weighted by atomic mass is 9.95. The third-order valence-electron chi connectivity index (χ3n) is 6.85. The number of hydrogen-bond acceptors (Lipinski definition) is 6. The standard InChI is InChI=1S/C26H24N4O4.C2H4O2/c1-29-12-16(14-6-2-4-8-18(14)29)23-24(26(33)28-25(23)32)17-13-30(19-9-5-3-7-15(17)19)22-10-20(31)21(11-27)34-22;1-2(3)4/h2-9,12-13,20-22,31H,10-11,27H2,1H3,(H,28,32,33);1H3,(H,3,4)/t20-,21-,22+;/m1./s1. The van der Waals surface area contributed by atoms with Gasteiger partial charge < -0.3 is 29.8 Å². The fourth-order valence-electron chi connectivity index (χ4n) is 5.25. The van der Waals surface area contributed by atoms with E-state index in [1.165, 1.54) is 0 Å². The molecule has 1 saturated heterocycles. The average Bonchev–Trinajstić information content (AvgIpc) is 3.61. The molecule has 0 saturated carbocycles. The van der Waals surface area contributed by atoms with Crippen LogP contribution in [-0.4, -0.2) is 55.9 Å². The Labute approximate surface area is 217 Å². The summed E-state index contributed by atoms with van der Waals surface area (Å²) in [6.45, 7) is 1.30. The molecule has 0 aliphatic carbocycles. The number of nitrogens with zero attached hydrogens (tertiary/aromatic N) is 2. The summed E-state index contributed by atoms with van der Waals surface area (Å²) in [5.41, 5.74) is 9.63. The van der Waals surface area contributed by atoms with E-state index in [2.05, 4.69) is 5.32 Å². The second-order valence-corrected chi connectivity index (χ2v) is 9.36. The second-order valence-electron chi connectivity index (χ2n) is 9.36. The lowest BCUT2D eigenvalue weighted by Crippen LogP contribution is -2.29. The minimum Gasteiger partial charge on any atom is -0.481 e. The molecule has 0 spiro atoms. The molecule has 1 fully saturated rings. The van der Waals surface area contributed by atoms with Crippen molar-refractivity contribution in [2.45, 2.75) is 31.8 Å². The van der Waals surface area contributed by atoms with E-state index in [9.17, 15) is 14.7 Å². The number of para-hydroxylation sites is 2. The van der Waals surface area contributed by atoms with E-state index in [1.54, 1.807) is 0 Å². The van der Waals surface area contributed by atoms with Crippen LogP contribution in [0.5, 0.6) is 0 Å². The predicted molar refractivity (Wildman–Crippen MR) is 142 cm³/mol. The van der Waals surface area contributed by atoms with Crippen LogP contribution in [0.4, 0.5) is 0 Å². The fraction of sp³-hybridized carbons (Fsp3) is 0.250. The highest BCUT2D eigenvalue weighted by Crippen LogP contribution is 2.41. The summed E-state index contributed by atoms with van der Waals surface area (Å²) in [7, 11) is 1.92. The number of ether oxygens (including phenoxy) is 1. The van der Waals surface area contributed by atoms with Gasteiger partial charge in [0.1, 0.15) is 6.23 Å². The Morgan fingerprint density at radius 2 is 1.53 bits per heavy atom. The van der Waals surface area contributed by atoms with Crippen molar-refractivity contribution in [2.75, 3.05) is 6.54 Å². The van der Waals surface area contributed by atoms with Gasteiger partial charge in [0, 0.05) is 66.7 Å². The Hall–Kier alpha value is -4.25. The van der Waals surface area contributed by atoms with Gasteiger partial charge in [-0.25, -0.2) is 0 Å². The quantitative estimate of drug-likeness (QED) is 0.304. The highest BCUT2D eigenvalue weighted by Gasteiger charge is 2.38. The van der Waals surface area contributed by atoms with Crippen LogP contribution in [0, 0.1) is 0 Å². The number of rotatable bonds is 4. The van der Waals surface area contributed by atoms with Crippen LogP contribution in [0.2, 0.25) is 0 Å². The molecule has 10 nitrogen and oxygen atoms in total. The predicted octanol–water partition coefficient (Wildman–Crippen LogP) is 2.40. The lowest BCUT2D eigenvalue weighted by Gasteiger charge is -2.15. The van der Waals surface area contributed by atoms with E-state index in [-0.39, 0.29) is 6.54 Å². The molecule has 196 valence electrons. The molecule has 6 rings (SSSR count). The molecule has 10 heteroatoms. The van der Waals surface area contributed by atoms with Crippen LogP contribution in [0.25, 0.3) is 33.0 Å². The number of carboxylic acids is 1. The van der Waals surface area contributed by atoms with E-state index in [1.807, 2.05) is 77.1 Å². The van der Waals surface area contributed by atoms with Crippen molar-refractivity contribution in [3.05, 3.63) is 72.1 Å². The van der Waals surface area contributed by atoms with Gasteiger partial charge in [0.15, 0.2) is 0 Å². The smallest absolute Gasteiger partial charge is 0.300 e. The van der Waals surface area contributed by atoms with Gasteiger partial charge in [-0.15, -0.1) is 0 Å². The number of aliphatic carboxylic acids is 1. The zero-order valence-electron chi connectivity index (χ0n) is 20.9. The number of aliphatic hydroxyl groups excluding tert-OH is 1. The number of fused-ring (bicyclic) bond motifs is 2. The summed E-state index contributed by atoms with van der Waals surface area (Å²) in [4.78, 5) is 35.2. The number of nitrogens with one attached hydrogen (secondary N) is 1. The van der Waals surface area contributed by atoms with Crippen LogP contribution in [0.1, 0.15) is 30.7 Å². The monoisotopic (exact) mass is 516 g/mol. The topological polar surface area (TPSA) is 149 Å². The van der Waals surface area contributed by atoms with Crippen LogP contribution in [-0.2, 0) is 26.2 Å². The largest absolute Gasteiger partial charge is 0.481 e. The van der Waals surface area contributed by atoms with E-state index in [0.29, 0.717) is 28.7 Å². The van der Waals surface area contributed by atoms with Gasteiger partial charge in [-0.1, -0.05) is 36.4 Å². The van der Waals surface area contributed by atoms with Crippen LogP contribution in [0.15, 0.2) is 60.9 Å². The summed E-state index contributed by atoms with van der Waals surface area (Å²) in [6.07, 6.45) is 2.58. The zero-order valence-corrected chi connectivity index (χ0v) is 20.9. The highest BCUT2D eigenvalue weighted by atomic mass is 16.5. The number of aromatic nitrogens is 2. The zero-order chi connectivity index (χ0) is 27.1. The Morgan fingerprint density at radius 3 is 2.11 bits per heavy atom. The van der Waals surface area contributed by atoms with Gasteiger partial charge in [-0.05, 0) is 12.1 Å². The van der Waals surface area contributed by atoms with Gasteiger partial charge in [-0.3, -0.25) is 19.7 Å². The summed E-state index contributed by atoms with van der Waals surface area (Å²) in [5.74, 6) is -1.67. The number of aryl methyl sites for hydroxylation is 1. The number of carbonyl (C=O) groups is 3. The summed E-state index contributed by atoms with van der Waals surface area (Å²) in [6, 6.07) is 15.5. The maximum absolute atomic E-state index is 13.1. The summed E-state index contributed by atoms with van der Waals surface area (Å²) >= 11 is 0. The Morgan fingerprint density at radius 1 is 1.00 bits per heavy atom. The first kappa shape index (κ1) is 25.4. The molecule has 2 aliphatic heterocycles. The highest BCUT2D eigenvalue weighted by molar-refractivity contribution is 6.50. The van der Waals surface area contributed by atoms with Crippen molar-refractivity contribution in [1.29, 1.82) is 0 Å². The van der Waals surface area contributed by atoms with Crippen molar-refractivity contribution < 1.29 is 29.3 Å². The van der Waals surface area contributed by atoms with Gasteiger partial charge in [-0.2, -0.15) is 0 Å². The van der Waals surface area contributed by atoms with Crippen molar-refractivity contribution in [3.8, 4) is 0 Å². The molecule has 0 bridgehead atoms. The maximum Gasteiger partial charge on any atom is 0.300 e. The summed E-state index contributed by atoms with van der Waals surface area (Å²) in [5, 5.41) is 22.0. The number of hydrogen-bond donors (Lipinski definition) is 4. The van der Waals surface area contributed by atoms with Crippen molar-refractivity contribution >= 4 is 50.7 Å². The average molecular weight is 517 g/mol. The third kappa shape index (κ3) is 4.28. The Kier molecular flexibility index (Phi) is 6.62. The molecule has 0 unspecified atom stereocenters. The number of aliphatic hydroxyl groups is 1. The van der Waals surface area contributed by atoms with Crippen molar-refractivity contribution in [1.82, 2.24) is 14.5 Å². The fourth-order valence-corrected chi connectivity index (χ4v) is 5.25. The number of nitrogens with two attached hydrogens (primary N) is 1. The molecule has 4 heterocycles. The van der Waals surface area contributed by atoms with E-state index < -0.39 is 36.2 Å². The molecule has 4 aromatic rings. The van der Waals surface area contributed by atoms with E-state index in [0.717, 1.165) is 28.7 Å².